The highest BCUT2D eigenvalue weighted by molar-refractivity contribution is 14.0. The summed E-state index contributed by atoms with van der Waals surface area (Å²) in [5, 5.41) is 0. The van der Waals surface area contributed by atoms with E-state index in [4.69, 9.17) is 5.73 Å². The van der Waals surface area contributed by atoms with Gasteiger partial charge in [0, 0.05) is 25.6 Å². The van der Waals surface area contributed by atoms with Crippen molar-refractivity contribution in [3.63, 3.8) is 0 Å². The van der Waals surface area contributed by atoms with Crippen molar-refractivity contribution in [3.8, 4) is 0 Å². The highest BCUT2D eigenvalue weighted by Crippen LogP contribution is 2.25. The third-order valence-corrected chi connectivity index (χ3v) is 4.53. The lowest BCUT2D eigenvalue weighted by Crippen LogP contribution is -2.36. The van der Waals surface area contributed by atoms with Crippen molar-refractivity contribution in [1.29, 1.82) is 0 Å². The Hall–Kier alpha value is -1.56. The van der Waals surface area contributed by atoms with E-state index in [0.29, 0.717) is 17.9 Å². The Morgan fingerprint density at radius 3 is 2.25 bits per heavy atom. The molecular formula is C20H26IN3. The zero-order chi connectivity index (χ0) is 16.1. The first-order valence-electron chi connectivity index (χ1n) is 8.35. The molecule has 3 nitrogen and oxygen atoms in total. The van der Waals surface area contributed by atoms with Crippen LogP contribution in [0.3, 0.4) is 0 Å². The zero-order valence-electron chi connectivity index (χ0n) is 14.1. The van der Waals surface area contributed by atoms with Crippen LogP contribution in [-0.4, -0.2) is 30.5 Å². The number of benzene rings is 2. The number of nitrogens with zero attached hydrogens (tertiary/aromatic N) is 2. The minimum absolute atomic E-state index is 0. The van der Waals surface area contributed by atoms with Gasteiger partial charge in [-0.05, 0) is 30.4 Å². The first-order valence-corrected chi connectivity index (χ1v) is 8.35. The van der Waals surface area contributed by atoms with Crippen LogP contribution in [-0.2, 0) is 6.42 Å². The van der Waals surface area contributed by atoms with E-state index in [1.165, 1.54) is 24.0 Å². The van der Waals surface area contributed by atoms with Gasteiger partial charge in [0.25, 0.3) is 0 Å². The van der Waals surface area contributed by atoms with Gasteiger partial charge >= 0.3 is 0 Å². The molecule has 2 N–H and O–H groups in total. The topological polar surface area (TPSA) is 41.6 Å². The molecule has 0 bridgehead atoms. The average Bonchev–Trinajstić information content (AvgIpc) is 3.44. The van der Waals surface area contributed by atoms with Crippen LogP contribution in [0, 0.1) is 0 Å². The summed E-state index contributed by atoms with van der Waals surface area (Å²) in [5.41, 5.74) is 8.81. The third-order valence-electron chi connectivity index (χ3n) is 4.53. The monoisotopic (exact) mass is 435 g/mol. The van der Waals surface area contributed by atoms with Crippen molar-refractivity contribution < 1.29 is 0 Å². The molecule has 1 fully saturated rings. The minimum Gasteiger partial charge on any atom is -0.370 e. The summed E-state index contributed by atoms with van der Waals surface area (Å²) in [7, 11) is 2.05. The van der Waals surface area contributed by atoms with E-state index in [0.717, 1.165) is 13.0 Å². The number of hydrogen-bond donors (Lipinski definition) is 1. The molecule has 0 amide bonds. The maximum Gasteiger partial charge on any atom is 0.191 e. The molecule has 4 heteroatoms. The maximum absolute atomic E-state index is 6.15. The number of hydrogen-bond acceptors (Lipinski definition) is 1. The summed E-state index contributed by atoms with van der Waals surface area (Å²) in [4.78, 5) is 6.79. The summed E-state index contributed by atoms with van der Waals surface area (Å²) >= 11 is 0. The molecule has 2 aromatic carbocycles. The fourth-order valence-corrected chi connectivity index (χ4v) is 2.88. The predicted molar refractivity (Wildman–Crippen MR) is 112 cm³/mol. The van der Waals surface area contributed by atoms with Gasteiger partial charge in [-0.15, -0.1) is 24.0 Å². The summed E-state index contributed by atoms with van der Waals surface area (Å²) in [6.45, 7) is 0.724. The molecule has 2 aromatic rings. The van der Waals surface area contributed by atoms with Crippen LogP contribution < -0.4 is 5.73 Å². The molecule has 0 aliphatic heterocycles. The van der Waals surface area contributed by atoms with Crippen molar-refractivity contribution in [3.05, 3.63) is 71.8 Å². The molecule has 24 heavy (non-hydrogen) atoms. The smallest absolute Gasteiger partial charge is 0.191 e. The summed E-state index contributed by atoms with van der Waals surface area (Å²) in [5.74, 6) is 1.02. The van der Waals surface area contributed by atoms with E-state index in [2.05, 4.69) is 70.6 Å². The van der Waals surface area contributed by atoms with Gasteiger partial charge in [0.05, 0.1) is 0 Å². The molecule has 3 rings (SSSR count). The second-order valence-corrected chi connectivity index (χ2v) is 6.34. The second kappa shape index (κ2) is 9.06. The Labute approximate surface area is 162 Å². The van der Waals surface area contributed by atoms with Gasteiger partial charge in [0.15, 0.2) is 5.96 Å². The van der Waals surface area contributed by atoms with Crippen LogP contribution in [0.2, 0.25) is 0 Å². The molecule has 1 atom stereocenters. The Kier molecular flexibility index (Phi) is 7.09. The Morgan fingerprint density at radius 1 is 1.08 bits per heavy atom. The van der Waals surface area contributed by atoms with Gasteiger partial charge in [-0.2, -0.15) is 0 Å². The molecule has 0 aromatic heterocycles. The fraction of sp³-hybridized carbons (Fsp3) is 0.350. The van der Waals surface area contributed by atoms with Crippen LogP contribution in [0.25, 0.3) is 0 Å². The zero-order valence-corrected chi connectivity index (χ0v) is 16.5. The van der Waals surface area contributed by atoms with Crippen molar-refractivity contribution in [2.45, 2.75) is 31.2 Å². The van der Waals surface area contributed by atoms with E-state index < -0.39 is 0 Å². The first-order chi connectivity index (χ1) is 11.2. The molecular weight excluding hydrogens is 409 g/mol. The van der Waals surface area contributed by atoms with Crippen molar-refractivity contribution in [2.24, 2.45) is 10.7 Å². The van der Waals surface area contributed by atoms with Gasteiger partial charge in [0.1, 0.15) is 0 Å². The number of halogens is 1. The molecule has 1 unspecified atom stereocenters. The van der Waals surface area contributed by atoms with E-state index >= 15 is 0 Å². The molecule has 1 saturated carbocycles. The fourth-order valence-electron chi connectivity index (χ4n) is 2.88. The molecule has 0 radical (unpaired) electrons. The van der Waals surface area contributed by atoms with Crippen LogP contribution in [0.4, 0.5) is 0 Å². The highest BCUT2D eigenvalue weighted by atomic mass is 127. The lowest BCUT2D eigenvalue weighted by Gasteiger charge is -2.20. The van der Waals surface area contributed by atoms with Crippen LogP contribution in [0.5, 0.6) is 0 Å². The SMILES string of the molecule is CN(C(N)=NCC(Cc1ccccc1)c1ccccc1)C1CC1.I. The second-order valence-electron chi connectivity index (χ2n) is 6.34. The van der Waals surface area contributed by atoms with Crippen molar-refractivity contribution in [2.75, 3.05) is 13.6 Å². The Balaban J connectivity index is 0.00000208. The highest BCUT2D eigenvalue weighted by Gasteiger charge is 2.27. The van der Waals surface area contributed by atoms with E-state index in [1.807, 2.05) is 7.05 Å². The molecule has 0 spiro atoms. The van der Waals surface area contributed by atoms with Crippen LogP contribution in [0.1, 0.15) is 29.9 Å². The summed E-state index contributed by atoms with van der Waals surface area (Å²) in [6.07, 6.45) is 3.45. The Bertz CT molecular complexity index is 638. The summed E-state index contributed by atoms with van der Waals surface area (Å²) in [6, 6.07) is 21.8. The van der Waals surface area contributed by atoms with E-state index in [9.17, 15) is 0 Å². The molecule has 1 aliphatic rings. The number of nitrogens with two attached hydrogens (primary N) is 1. The first kappa shape index (κ1) is 18.8. The minimum atomic E-state index is 0. The quantitative estimate of drug-likeness (QED) is 0.423. The molecule has 0 saturated heterocycles. The molecule has 128 valence electrons. The van der Waals surface area contributed by atoms with Gasteiger partial charge in [-0.3, -0.25) is 4.99 Å². The molecule has 0 heterocycles. The van der Waals surface area contributed by atoms with Crippen molar-refractivity contribution in [1.82, 2.24) is 4.90 Å². The van der Waals surface area contributed by atoms with Gasteiger partial charge in [-0.25, -0.2) is 0 Å². The number of rotatable bonds is 6. The van der Waals surface area contributed by atoms with Gasteiger partial charge in [0.2, 0.25) is 0 Å². The summed E-state index contributed by atoms with van der Waals surface area (Å²) < 4.78 is 0. The predicted octanol–water partition coefficient (Wildman–Crippen LogP) is 4.04. The van der Waals surface area contributed by atoms with Gasteiger partial charge < -0.3 is 10.6 Å². The third kappa shape index (κ3) is 5.23. The standard InChI is InChI=1S/C20H25N3.HI/c1-23(19-12-13-19)20(21)22-15-18(17-10-6-3-7-11-17)14-16-8-4-2-5-9-16;/h2-11,18-19H,12-15H2,1H3,(H2,21,22);1H. The normalized spacial score (nSPS) is 15.5. The van der Waals surface area contributed by atoms with Crippen molar-refractivity contribution >= 4 is 29.9 Å². The lowest BCUT2D eigenvalue weighted by molar-refractivity contribution is 0.485. The van der Waals surface area contributed by atoms with E-state index in [-0.39, 0.29) is 24.0 Å². The molecule has 1 aliphatic carbocycles. The lowest BCUT2D eigenvalue weighted by atomic mass is 9.92. The number of aliphatic imine (C=N–C) groups is 1. The largest absolute Gasteiger partial charge is 0.370 e. The van der Waals surface area contributed by atoms with Crippen LogP contribution in [0.15, 0.2) is 65.7 Å². The number of guanidine groups is 1. The Morgan fingerprint density at radius 2 is 1.67 bits per heavy atom. The van der Waals surface area contributed by atoms with Gasteiger partial charge in [-0.1, -0.05) is 60.7 Å². The maximum atomic E-state index is 6.15. The average molecular weight is 435 g/mol. The van der Waals surface area contributed by atoms with E-state index in [1.54, 1.807) is 0 Å². The van der Waals surface area contributed by atoms with Crippen LogP contribution >= 0.6 is 24.0 Å².